The number of tetrazole rings is 1. The largest absolute Gasteiger partial charge is 0.496 e. The number of ether oxygens (including phenoxy) is 2. The van der Waals surface area contributed by atoms with E-state index in [0.717, 1.165) is 62.5 Å². The molecule has 2 saturated heterocycles. The number of hydrogen-bond acceptors (Lipinski definition) is 6. The van der Waals surface area contributed by atoms with Crippen LogP contribution in [0.2, 0.25) is 0 Å². The summed E-state index contributed by atoms with van der Waals surface area (Å²) in [5.74, 6) is 1.35. The first-order chi connectivity index (χ1) is 14.2. The van der Waals surface area contributed by atoms with Crippen LogP contribution >= 0.6 is 0 Å². The summed E-state index contributed by atoms with van der Waals surface area (Å²) in [5.41, 5.74) is 6.58. The monoisotopic (exact) mass is 401 g/mol. The van der Waals surface area contributed by atoms with E-state index in [1.54, 1.807) is 7.11 Å². The number of carbonyl (C=O) groups excluding carboxylic acids is 1. The van der Waals surface area contributed by atoms with Crippen LogP contribution in [0, 0.1) is 5.92 Å². The molecule has 0 saturated carbocycles. The third-order valence-corrected chi connectivity index (χ3v) is 6.11. The van der Waals surface area contributed by atoms with Gasteiger partial charge in [0.1, 0.15) is 5.75 Å². The van der Waals surface area contributed by atoms with Crippen molar-refractivity contribution in [1.82, 2.24) is 20.2 Å². The third-order valence-electron chi connectivity index (χ3n) is 6.11. The Morgan fingerprint density at radius 2 is 2.14 bits per heavy atom. The van der Waals surface area contributed by atoms with Crippen molar-refractivity contribution in [1.29, 1.82) is 0 Å². The number of amides is 1. The Morgan fingerprint density at radius 1 is 1.34 bits per heavy atom. The molecular formula is C20H29N6O3+. The van der Waals surface area contributed by atoms with Gasteiger partial charge in [0.25, 0.3) is 0 Å². The lowest BCUT2D eigenvalue weighted by Crippen LogP contribution is -3.13. The number of nitrogens with one attached hydrogen (secondary N) is 1. The van der Waals surface area contributed by atoms with Gasteiger partial charge in [-0.1, -0.05) is 12.1 Å². The average molecular weight is 401 g/mol. The second-order valence-corrected chi connectivity index (χ2v) is 7.86. The second kappa shape index (κ2) is 8.87. The van der Waals surface area contributed by atoms with E-state index in [0.29, 0.717) is 6.54 Å². The third kappa shape index (κ3) is 4.25. The summed E-state index contributed by atoms with van der Waals surface area (Å²) in [6, 6.07) is 7.92. The average Bonchev–Trinajstić information content (AvgIpc) is 3.42. The zero-order valence-corrected chi connectivity index (χ0v) is 16.8. The molecule has 3 N–H and O–H groups in total. The van der Waals surface area contributed by atoms with Crippen molar-refractivity contribution in [2.75, 3.05) is 26.8 Å². The van der Waals surface area contributed by atoms with E-state index in [2.05, 4.69) is 21.6 Å². The molecule has 3 heterocycles. The lowest BCUT2D eigenvalue weighted by Gasteiger charge is -2.34. The number of para-hydroxylation sites is 1. The molecule has 156 valence electrons. The van der Waals surface area contributed by atoms with Crippen LogP contribution in [0.25, 0.3) is 0 Å². The smallest absolute Gasteiger partial charge is 0.220 e. The zero-order chi connectivity index (χ0) is 20.2. The number of nitrogens with zero attached hydrogens (tertiary/aromatic N) is 4. The first-order valence-electron chi connectivity index (χ1n) is 10.3. The van der Waals surface area contributed by atoms with Crippen LogP contribution < -0.4 is 15.4 Å². The van der Waals surface area contributed by atoms with Crippen molar-refractivity contribution in [3.63, 3.8) is 0 Å². The highest BCUT2D eigenvalue weighted by Crippen LogP contribution is 2.28. The number of rotatable bonds is 7. The van der Waals surface area contributed by atoms with Gasteiger partial charge in [0.2, 0.25) is 11.7 Å². The molecule has 29 heavy (non-hydrogen) atoms. The second-order valence-electron chi connectivity index (χ2n) is 7.86. The van der Waals surface area contributed by atoms with Gasteiger partial charge in [0.05, 0.1) is 38.4 Å². The first-order valence-corrected chi connectivity index (χ1v) is 10.3. The van der Waals surface area contributed by atoms with Gasteiger partial charge >= 0.3 is 0 Å². The maximum absolute atomic E-state index is 11.6. The molecule has 1 aromatic heterocycles. The highest BCUT2D eigenvalue weighted by molar-refractivity contribution is 5.76. The number of primary amides is 1. The van der Waals surface area contributed by atoms with Crippen molar-refractivity contribution in [3.8, 4) is 5.75 Å². The zero-order valence-electron chi connectivity index (χ0n) is 16.8. The summed E-state index contributed by atoms with van der Waals surface area (Å²) in [5, 5.41) is 12.7. The molecule has 2 aliphatic heterocycles. The molecule has 4 rings (SSSR count). The van der Waals surface area contributed by atoms with Crippen LogP contribution in [0.15, 0.2) is 24.3 Å². The molecule has 2 atom stereocenters. The van der Waals surface area contributed by atoms with E-state index in [1.807, 2.05) is 22.9 Å². The summed E-state index contributed by atoms with van der Waals surface area (Å²) in [4.78, 5) is 12.9. The van der Waals surface area contributed by atoms with Crippen molar-refractivity contribution >= 4 is 5.91 Å². The molecule has 9 nitrogen and oxygen atoms in total. The van der Waals surface area contributed by atoms with Crippen molar-refractivity contribution < 1.29 is 19.2 Å². The van der Waals surface area contributed by atoms with Crippen LogP contribution in [0.5, 0.6) is 5.75 Å². The summed E-state index contributed by atoms with van der Waals surface area (Å²) < 4.78 is 13.3. The van der Waals surface area contributed by atoms with Crippen LogP contribution in [-0.2, 0) is 16.1 Å². The Hall–Kier alpha value is -2.52. The minimum absolute atomic E-state index is 0.0556. The number of nitrogens with two attached hydrogens (primary N) is 1. The molecule has 2 fully saturated rings. The number of likely N-dealkylation sites (tertiary alicyclic amines) is 1. The van der Waals surface area contributed by atoms with Gasteiger partial charge in [0.15, 0.2) is 6.04 Å². The fourth-order valence-electron chi connectivity index (χ4n) is 4.54. The minimum Gasteiger partial charge on any atom is -0.496 e. The van der Waals surface area contributed by atoms with Crippen molar-refractivity contribution in [2.24, 2.45) is 11.7 Å². The first kappa shape index (κ1) is 19.8. The number of hydrogen-bond donors (Lipinski definition) is 2. The van der Waals surface area contributed by atoms with Gasteiger partial charge in [-0.25, -0.2) is 4.68 Å². The summed E-state index contributed by atoms with van der Waals surface area (Å²) >= 11 is 0. The lowest BCUT2D eigenvalue weighted by atomic mass is 9.93. The molecule has 0 unspecified atom stereocenters. The number of quaternary nitrogens is 1. The Kier molecular flexibility index (Phi) is 6.05. The summed E-state index contributed by atoms with van der Waals surface area (Å²) in [6.45, 7) is 3.08. The number of carbonyl (C=O) groups is 1. The Bertz CT molecular complexity index is 827. The molecule has 0 radical (unpaired) electrons. The van der Waals surface area contributed by atoms with Gasteiger partial charge in [-0.2, -0.15) is 0 Å². The number of methoxy groups -OCH3 is 1. The minimum atomic E-state index is -0.207. The van der Waals surface area contributed by atoms with Crippen LogP contribution in [0.4, 0.5) is 0 Å². The molecule has 0 aliphatic carbocycles. The molecule has 2 aliphatic rings. The number of benzene rings is 1. The van der Waals surface area contributed by atoms with E-state index in [4.69, 9.17) is 15.2 Å². The van der Waals surface area contributed by atoms with Crippen LogP contribution in [0.3, 0.4) is 0 Å². The fourth-order valence-corrected chi connectivity index (χ4v) is 4.54. The molecule has 1 aromatic carbocycles. The van der Waals surface area contributed by atoms with Crippen molar-refractivity contribution in [3.05, 3.63) is 35.7 Å². The topological polar surface area (TPSA) is 110 Å². The maximum Gasteiger partial charge on any atom is 0.220 e. The Morgan fingerprint density at radius 3 is 2.83 bits per heavy atom. The van der Waals surface area contributed by atoms with E-state index in [1.165, 1.54) is 4.90 Å². The van der Waals surface area contributed by atoms with Crippen LogP contribution in [-0.4, -0.2) is 59.0 Å². The Labute approximate surface area is 170 Å². The molecule has 2 aromatic rings. The number of aromatic nitrogens is 4. The molecule has 1 amide bonds. The quantitative estimate of drug-likeness (QED) is 0.661. The molecule has 9 heteroatoms. The predicted molar refractivity (Wildman–Crippen MR) is 104 cm³/mol. The maximum atomic E-state index is 11.6. The van der Waals surface area contributed by atoms with Crippen LogP contribution in [0.1, 0.15) is 43.1 Å². The van der Waals surface area contributed by atoms with E-state index < -0.39 is 0 Å². The number of piperidine rings is 1. The summed E-state index contributed by atoms with van der Waals surface area (Å²) in [6.07, 6.45) is 3.78. The standard InChI is InChI=1S/C20H28N6O3/c1-28-17-7-3-2-6-16(17)18(25-10-8-14(9-11-25)19(21)27)20-22-23-24-26(20)13-15-5-4-12-29-15/h2-3,6-7,14-15,18H,4-5,8-13H2,1H3,(H2,21,27)/p+1/t15-,18-/m1/s1. The van der Waals surface area contributed by atoms with E-state index >= 15 is 0 Å². The van der Waals surface area contributed by atoms with Gasteiger partial charge in [-0.15, -0.1) is 5.10 Å². The van der Waals surface area contributed by atoms with Gasteiger partial charge in [-0.05, 0) is 35.4 Å². The Balaban J connectivity index is 1.66. The highest BCUT2D eigenvalue weighted by Gasteiger charge is 2.37. The fraction of sp³-hybridized carbons (Fsp3) is 0.600. The highest BCUT2D eigenvalue weighted by atomic mass is 16.5. The normalized spacial score (nSPS) is 25.6. The van der Waals surface area contributed by atoms with E-state index in [9.17, 15) is 4.79 Å². The SMILES string of the molecule is COc1ccccc1[C@H](c1nnnn1C[C@H]1CCCO1)[NH+]1CCC(C(N)=O)CC1. The van der Waals surface area contributed by atoms with Crippen molar-refractivity contribution in [2.45, 2.75) is 44.4 Å². The molecule has 0 spiro atoms. The summed E-state index contributed by atoms with van der Waals surface area (Å²) in [7, 11) is 1.68. The molecular weight excluding hydrogens is 372 g/mol. The molecule has 0 bridgehead atoms. The lowest BCUT2D eigenvalue weighted by molar-refractivity contribution is -0.931. The predicted octanol–water partition coefficient (Wildman–Crippen LogP) is -0.270. The van der Waals surface area contributed by atoms with Gasteiger partial charge in [-0.3, -0.25) is 4.79 Å². The van der Waals surface area contributed by atoms with Gasteiger partial charge < -0.3 is 20.1 Å². The van der Waals surface area contributed by atoms with E-state index in [-0.39, 0.29) is 24.0 Å². The van der Waals surface area contributed by atoms with Gasteiger partial charge in [0, 0.05) is 25.4 Å².